The summed E-state index contributed by atoms with van der Waals surface area (Å²) in [5.74, 6) is 0. The number of amides is 1. The van der Waals surface area contributed by atoms with Crippen molar-refractivity contribution in [2.24, 2.45) is 0 Å². The topological polar surface area (TPSA) is 85.8 Å². The fourth-order valence-corrected chi connectivity index (χ4v) is 2.71. The second-order valence-electron chi connectivity index (χ2n) is 8.01. The van der Waals surface area contributed by atoms with Crippen molar-refractivity contribution in [3.63, 3.8) is 0 Å². The number of carbonyl (C=O) groups excluding carboxylic acids is 1. The average molecular weight is 431 g/mol. The Morgan fingerprint density at radius 1 is 0.903 bits per heavy atom. The van der Waals surface area contributed by atoms with Gasteiger partial charge in [-0.25, -0.2) is 4.79 Å². The monoisotopic (exact) mass is 430 g/mol. The van der Waals surface area contributed by atoms with E-state index in [9.17, 15) is 4.79 Å². The first-order valence-electron chi connectivity index (χ1n) is 10.6. The molecule has 0 aliphatic rings. The van der Waals surface area contributed by atoms with Crippen LogP contribution in [0.4, 0.5) is 4.79 Å². The van der Waals surface area contributed by atoms with E-state index in [1.165, 1.54) is 0 Å². The van der Waals surface area contributed by atoms with Crippen LogP contribution in [0.25, 0.3) is 0 Å². The molecule has 0 aliphatic heterocycles. The van der Waals surface area contributed by atoms with E-state index in [-0.39, 0.29) is 0 Å². The van der Waals surface area contributed by atoms with Gasteiger partial charge in [0.15, 0.2) is 0 Å². The molecule has 0 saturated carbocycles. The molecular weight excluding hydrogens is 396 g/mol. The summed E-state index contributed by atoms with van der Waals surface area (Å²) in [6.07, 6.45) is 3.17. The van der Waals surface area contributed by atoms with Gasteiger partial charge in [-0.2, -0.15) is 0 Å². The number of pyridine rings is 2. The number of nitrogens with zero attached hydrogens (tertiary/aromatic N) is 3. The molecule has 0 unspecified atom stereocenters. The van der Waals surface area contributed by atoms with Crippen molar-refractivity contribution in [2.45, 2.75) is 39.5 Å². The van der Waals surface area contributed by atoms with E-state index < -0.39 is 11.7 Å². The normalized spacial score (nSPS) is 11.5. The Bertz CT molecular complexity index is 697. The van der Waals surface area contributed by atoms with E-state index in [1.54, 1.807) is 12.4 Å². The zero-order chi connectivity index (χ0) is 22.4. The van der Waals surface area contributed by atoms with Gasteiger partial charge in [0.1, 0.15) is 5.60 Å². The minimum Gasteiger partial charge on any atom is -0.444 e. The van der Waals surface area contributed by atoms with Crippen LogP contribution in [0.2, 0.25) is 0 Å². The van der Waals surface area contributed by atoms with E-state index in [0.29, 0.717) is 33.0 Å². The van der Waals surface area contributed by atoms with Crippen molar-refractivity contribution in [2.75, 3.05) is 39.5 Å². The predicted octanol–water partition coefficient (Wildman–Crippen LogP) is 3.04. The molecule has 0 atom stereocenters. The summed E-state index contributed by atoms with van der Waals surface area (Å²) in [4.78, 5) is 22.6. The van der Waals surface area contributed by atoms with E-state index in [1.807, 2.05) is 57.2 Å². The lowest BCUT2D eigenvalue weighted by molar-refractivity contribution is 0.0331. The Balaban J connectivity index is 1.60. The van der Waals surface area contributed by atoms with Crippen LogP contribution in [0.15, 0.2) is 48.8 Å². The summed E-state index contributed by atoms with van der Waals surface area (Å²) in [5, 5.41) is 2.66. The molecule has 8 nitrogen and oxygen atoms in total. The van der Waals surface area contributed by atoms with Gasteiger partial charge in [-0.15, -0.1) is 0 Å². The van der Waals surface area contributed by atoms with Crippen LogP contribution in [0.3, 0.4) is 0 Å². The molecule has 0 fully saturated rings. The lowest BCUT2D eigenvalue weighted by Crippen LogP contribution is -2.34. The van der Waals surface area contributed by atoms with Gasteiger partial charge >= 0.3 is 6.09 Å². The van der Waals surface area contributed by atoms with Crippen molar-refractivity contribution < 1.29 is 19.0 Å². The molecule has 1 amide bonds. The third kappa shape index (κ3) is 12.0. The van der Waals surface area contributed by atoms with Crippen molar-refractivity contribution in [1.29, 1.82) is 0 Å². The number of ether oxygens (including phenoxy) is 3. The molecule has 2 rings (SSSR count). The Kier molecular flexibility index (Phi) is 10.9. The maximum atomic E-state index is 11.5. The predicted molar refractivity (Wildman–Crippen MR) is 118 cm³/mol. The molecular formula is C23H34N4O4. The van der Waals surface area contributed by atoms with Crippen LogP contribution in [0, 0.1) is 0 Å². The first-order chi connectivity index (χ1) is 14.9. The number of nitrogens with one attached hydrogen (secondary N) is 1. The largest absolute Gasteiger partial charge is 0.444 e. The molecule has 0 bridgehead atoms. The number of alkyl carbamates (subject to hydrolysis) is 1. The number of aromatic nitrogens is 2. The summed E-state index contributed by atoms with van der Waals surface area (Å²) < 4.78 is 16.4. The standard InChI is InChI=1S/C23H34N4O4/c1-23(2,3)31-22(28)26-12-14-29-16-17-30-15-13-27(18-20-8-4-6-10-24-20)19-21-9-5-7-11-25-21/h4-11H,12-19H2,1-3H3,(H,26,28). The molecule has 0 aliphatic carbocycles. The Morgan fingerprint density at radius 2 is 1.48 bits per heavy atom. The second-order valence-corrected chi connectivity index (χ2v) is 8.01. The van der Waals surface area contributed by atoms with Crippen molar-refractivity contribution in [1.82, 2.24) is 20.2 Å². The Labute approximate surface area is 184 Å². The SMILES string of the molecule is CC(C)(C)OC(=O)NCCOCCOCCN(Cc1ccccn1)Cc1ccccn1. The zero-order valence-electron chi connectivity index (χ0n) is 18.8. The maximum absolute atomic E-state index is 11.5. The second kappa shape index (κ2) is 13.7. The zero-order valence-corrected chi connectivity index (χ0v) is 18.8. The third-order valence-corrected chi connectivity index (χ3v) is 4.06. The number of hydrogen-bond acceptors (Lipinski definition) is 7. The third-order valence-electron chi connectivity index (χ3n) is 4.06. The molecule has 2 heterocycles. The van der Waals surface area contributed by atoms with Gasteiger partial charge in [0.05, 0.1) is 37.8 Å². The van der Waals surface area contributed by atoms with Crippen molar-refractivity contribution >= 4 is 6.09 Å². The molecule has 0 aromatic carbocycles. The number of rotatable bonds is 13. The fraction of sp³-hybridized carbons (Fsp3) is 0.522. The highest BCUT2D eigenvalue weighted by Crippen LogP contribution is 2.07. The van der Waals surface area contributed by atoms with Crippen LogP contribution in [-0.2, 0) is 27.3 Å². The van der Waals surface area contributed by atoms with Crippen LogP contribution >= 0.6 is 0 Å². The van der Waals surface area contributed by atoms with Gasteiger partial charge in [0.25, 0.3) is 0 Å². The minimum absolute atomic E-state index is 0.400. The Hall–Kier alpha value is -2.55. The lowest BCUT2D eigenvalue weighted by atomic mass is 10.2. The van der Waals surface area contributed by atoms with E-state index in [2.05, 4.69) is 20.2 Å². The van der Waals surface area contributed by atoms with Gasteiger partial charge in [0, 0.05) is 38.6 Å². The van der Waals surface area contributed by atoms with E-state index >= 15 is 0 Å². The summed E-state index contributed by atoms with van der Waals surface area (Å²) in [7, 11) is 0. The molecule has 170 valence electrons. The summed E-state index contributed by atoms with van der Waals surface area (Å²) >= 11 is 0. The first kappa shape index (κ1) is 24.7. The van der Waals surface area contributed by atoms with Crippen LogP contribution < -0.4 is 5.32 Å². The van der Waals surface area contributed by atoms with Gasteiger partial charge in [-0.1, -0.05) is 12.1 Å². The molecule has 8 heteroatoms. The molecule has 2 aromatic heterocycles. The minimum atomic E-state index is -0.500. The highest BCUT2D eigenvalue weighted by atomic mass is 16.6. The van der Waals surface area contributed by atoms with Gasteiger partial charge in [-0.3, -0.25) is 14.9 Å². The van der Waals surface area contributed by atoms with Gasteiger partial charge in [-0.05, 0) is 45.0 Å². The van der Waals surface area contributed by atoms with Crippen LogP contribution in [0.5, 0.6) is 0 Å². The molecule has 1 N–H and O–H groups in total. The molecule has 2 aromatic rings. The molecule has 0 spiro atoms. The van der Waals surface area contributed by atoms with Gasteiger partial charge < -0.3 is 19.5 Å². The lowest BCUT2D eigenvalue weighted by Gasteiger charge is -2.21. The highest BCUT2D eigenvalue weighted by molar-refractivity contribution is 5.67. The quantitative estimate of drug-likeness (QED) is 0.489. The van der Waals surface area contributed by atoms with Gasteiger partial charge in [0.2, 0.25) is 0 Å². The smallest absolute Gasteiger partial charge is 0.407 e. The van der Waals surface area contributed by atoms with Crippen molar-refractivity contribution in [3.8, 4) is 0 Å². The maximum Gasteiger partial charge on any atom is 0.407 e. The molecule has 31 heavy (non-hydrogen) atoms. The average Bonchev–Trinajstić information content (AvgIpc) is 2.72. The highest BCUT2D eigenvalue weighted by Gasteiger charge is 2.15. The molecule has 0 radical (unpaired) electrons. The summed E-state index contributed by atoms with van der Waals surface area (Å²) in [6.45, 7) is 10.1. The fourth-order valence-electron chi connectivity index (χ4n) is 2.71. The van der Waals surface area contributed by atoms with Crippen molar-refractivity contribution in [3.05, 3.63) is 60.2 Å². The van der Waals surface area contributed by atoms with Crippen LogP contribution in [-0.4, -0.2) is 66.1 Å². The Morgan fingerprint density at radius 3 is 2.00 bits per heavy atom. The number of hydrogen-bond donors (Lipinski definition) is 1. The summed E-state index contributed by atoms with van der Waals surface area (Å²) in [5.41, 5.74) is 1.53. The van der Waals surface area contributed by atoms with E-state index in [4.69, 9.17) is 14.2 Å². The summed E-state index contributed by atoms with van der Waals surface area (Å²) in [6, 6.07) is 11.9. The number of carbonyl (C=O) groups is 1. The first-order valence-corrected chi connectivity index (χ1v) is 10.6. The van der Waals surface area contributed by atoms with E-state index in [0.717, 1.165) is 31.0 Å². The molecule has 0 saturated heterocycles. The van der Waals surface area contributed by atoms with Crippen LogP contribution in [0.1, 0.15) is 32.2 Å².